The first kappa shape index (κ1) is 13.6. The lowest BCUT2D eigenvalue weighted by atomic mass is 9.90. The van der Waals surface area contributed by atoms with E-state index in [1.807, 2.05) is 33.8 Å². The van der Waals surface area contributed by atoms with Crippen LogP contribution < -0.4 is 0 Å². The van der Waals surface area contributed by atoms with Gasteiger partial charge in [0.05, 0.1) is 5.56 Å². The predicted molar refractivity (Wildman–Crippen MR) is 69.9 cm³/mol. The molecule has 0 spiro atoms. The zero-order chi connectivity index (χ0) is 14.2. The van der Waals surface area contributed by atoms with Crippen molar-refractivity contribution >= 4 is 11.9 Å². The predicted octanol–water partition coefficient (Wildman–Crippen LogP) is 2.41. The van der Waals surface area contributed by atoms with Crippen LogP contribution in [-0.2, 0) is 14.3 Å². The molecule has 0 amide bonds. The minimum absolute atomic E-state index is 0.275. The summed E-state index contributed by atoms with van der Waals surface area (Å²) in [7, 11) is 0. The van der Waals surface area contributed by atoms with Crippen molar-refractivity contribution in [3.8, 4) is 0 Å². The highest BCUT2D eigenvalue weighted by molar-refractivity contribution is 5.92. The Morgan fingerprint density at radius 1 is 1.32 bits per heavy atom. The van der Waals surface area contributed by atoms with Crippen LogP contribution in [-0.4, -0.2) is 24.6 Å². The number of carbonyl (C=O) groups is 2. The number of cyclic esters (lactones) is 1. The number of carbonyl (C=O) groups excluding carboxylic acids is 2. The van der Waals surface area contributed by atoms with Crippen LogP contribution in [0.5, 0.6) is 0 Å². The molecule has 1 aliphatic rings. The molecule has 0 radical (unpaired) electrons. The molecular formula is C15H18O4. The van der Waals surface area contributed by atoms with E-state index in [2.05, 4.69) is 0 Å². The molecule has 4 nitrogen and oxygen atoms in total. The van der Waals surface area contributed by atoms with Crippen molar-refractivity contribution in [2.24, 2.45) is 5.41 Å². The highest BCUT2D eigenvalue weighted by atomic mass is 16.6. The van der Waals surface area contributed by atoms with Gasteiger partial charge >= 0.3 is 11.9 Å². The summed E-state index contributed by atoms with van der Waals surface area (Å²) in [5.41, 5.74) is 2.10. The summed E-state index contributed by atoms with van der Waals surface area (Å²) in [6.07, 6.45) is -0.832. The van der Waals surface area contributed by atoms with Crippen LogP contribution in [0.3, 0.4) is 0 Å². The van der Waals surface area contributed by atoms with Gasteiger partial charge in [-0.3, -0.25) is 0 Å². The van der Waals surface area contributed by atoms with Gasteiger partial charge in [-0.05, 0) is 37.1 Å². The maximum atomic E-state index is 12.1. The van der Waals surface area contributed by atoms with E-state index in [-0.39, 0.29) is 6.61 Å². The molecule has 19 heavy (non-hydrogen) atoms. The van der Waals surface area contributed by atoms with Gasteiger partial charge in [0.2, 0.25) is 6.10 Å². The van der Waals surface area contributed by atoms with Crippen LogP contribution in [0, 0.1) is 19.3 Å². The van der Waals surface area contributed by atoms with Crippen molar-refractivity contribution in [3.63, 3.8) is 0 Å². The minimum Gasteiger partial charge on any atom is -0.462 e. The summed E-state index contributed by atoms with van der Waals surface area (Å²) in [4.78, 5) is 23.6. The van der Waals surface area contributed by atoms with Gasteiger partial charge in [0.1, 0.15) is 6.61 Å². The number of ether oxygens (including phenoxy) is 2. The fraction of sp³-hybridized carbons (Fsp3) is 0.467. The molecule has 1 fully saturated rings. The highest BCUT2D eigenvalue weighted by Gasteiger charge is 2.46. The van der Waals surface area contributed by atoms with Gasteiger partial charge in [-0.1, -0.05) is 19.9 Å². The number of rotatable bonds is 2. The third-order valence-electron chi connectivity index (χ3n) is 3.48. The molecule has 102 valence electrons. The number of esters is 2. The first-order valence-corrected chi connectivity index (χ1v) is 6.26. The van der Waals surface area contributed by atoms with Crippen molar-refractivity contribution in [2.75, 3.05) is 6.61 Å². The van der Waals surface area contributed by atoms with Crippen LogP contribution in [0.2, 0.25) is 0 Å². The molecule has 4 heteroatoms. The third-order valence-corrected chi connectivity index (χ3v) is 3.48. The molecule has 1 atom stereocenters. The van der Waals surface area contributed by atoms with E-state index in [9.17, 15) is 9.59 Å². The van der Waals surface area contributed by atoms with Gasteiger partial charge in [0.15, 0.2) is 0 Å². The maximum absolute atomic E-state index is 12.1. The molecule has 0 N–H and O–H groups in total. The largest absolute Gasteiger partial charge is 0.462 e. The molecule has 0 aliphatic carbocycles. The number of hydrogen-bond donors (Lipinski definition) is 0. The van der Waals surface area contributed by atoms with E-state index in [0.29, 0.717) is 5.56 Å². The van der Waals surface area contributed by atoms with Gasteiger partial charge < -0.3 is 9.47 Å². The molecule has 1 aliphatic heterocycles. The second-order valence-electron chi connectivity index (χ2n) is 5.68. The number of aryl methyl sites for hydroxylation is 2. The van der Waals surface area contributed by atoms with Crippen molar-refractivity contribution in [3.05, 3.63) is 34.9 Å². The van der Waals surface area contributed by atoms with E-state index in [0.717, 1.165) is 11.1 Å². The molecule has 1 saturated heterocycles. The molecule has 1 aromatic carbocycles. The SMILES string of the molecule is Cc1ccc(C(=O)O[C@H]2C(=O)OCC2(C)C)cc1C. The number of benzene rings is 1. The summed E-state index contributed by atoms with van der Waals surface area (Å²) in [6, 6.07) is 5.34. The highest BCUT2D eigenvalue weighted by Crippen LogP contribution is 2.31. The lowest BCUT2D eigenvalue weighted by Gasteiger charge is -2.21. The van der Waals surface area contributed by atoms with Gasteiger partial charge in [-0.15, -0.1) is 0 Å². The van der Waals surface area contributed by atoms with E-state index < -0.39 is 23.5 Å². The van der Waals surface area contributed by atoms with Crippen LogP contribution in [0.4, 0.5) is 0 Å². The van der Waals surface area contributed by atoms with Crippen LogP contribution in [0.25, 0.3) is 0 Å². The Labute approximate surface area is 112 Å². The lowest BCUT2D eigenvalue weighted by molar-refractivity contribution is -0.145. The van der Waals surface area contributed by atoms with Gasteiger partial charge in [-0.2, -0.15) is 0 Å². The Balaban J connectivity index is 2.17. The van der Waals surface area contributed by atoms with Crippen molar-refractivity contribution in [2.45, 2.75) is 33.8 Å². The van der Waals surface area contributed by atoms with Crippen molar-refractivity contribution in [1.29, 1.82) is 0 Å². The molecule has 0 bridgehead atoms. The first-order valence-electron chi connectivity index (χ1n) is 6.26. The Hall–Kier alpha value is -1.84. The molecule has 1 heterocycles. The van der Waals surface area contributed by atoms with Crippen LogP contribution in [0.15, 0.2) is 18.2 Å². The van der Waals surface area contributed by atoms with Crippen molar-refractivity contribution < 1.29 is 19.1 Å². The topological polar surface area (TPSA) is 52.6 Å². The quantitative estimate of drug-likeness (QED) is 0.768. The fourth-order valence-corrected chi connectivity index (χ4v) is 1.98. The monoisotopic (exact) mass is 262 g/mol. The average molecular weight is 262 g/mol. The smallest absolute Gasteiger partial charge is 0.348 e. The zero-order valence-electron chi connectivity index (χ0n) is 11.6. The maximum Gasteiger partial charge on any atom is 0.348 e. The van der Waals surface area contributed by atoms with E-state index in [4.69, 9.17) is 9.47 Å². The Morgan fingerprint density at radius 2 is 2.00 bits per heavy atom. The molecule has 1 aromatic rings. The number of hydrogen-bond acceptors (Lipinski definition) is 4. The molecule has 2 rings (SSSR count). The Bertz CT molecular complexity index is 531. The fourth-order valence-electron chi connectivity index (χ4n) is 1.98. The lowest BCUT2D eigenvalue weighted by Crippen LogP contribution is -2.34. The van der Waals surface area contributed by atoms with Crippen LogP contribution >= 0.6 is 0 Å². The normalized spacial score (nSPS) is 21.1. The summed E-state index contributed by atoms with van der Waals surface area (Å²) in [5.74, 6) is -0.956. The molecule has 0 unspecified atom stereocenters. The second kappa shape index (κ2) is 4.68. The van der Waals surface area contributed by atoms with Gasteiger partial charge in [0.25, 0.3) is 0 Å². The molecule has 0 saturated carbocycles. The summed E-state index contributed by atoms with van der Waals surface area (Å²) < 4.78 is 10.3. The summed E-state index contributed by atoms with van der Waals surface area (Å²) in [6.45, 7) is 7.87. The van der Waals surface area contributed by atoms with Gasteiger partial charge in [0, 0.05) is 5.41 Å². The molecular weight excluding hydrogens is 244 g/mol. The third kappa shape index (κ3) is 2.62. The van der Waals surface area contributed by atoms with E-state index in [1.165, 1.54) is 0 Å². The Kier molecular flexibility index (Phi) is 3.35. The first-order chi connectivity index (χ1) is 8.81. The standard InChI is InChI=1S/C15H18O4/c1-9-5-6-11(7-10(9)2)13(16)19-12-14(17)18-8-15(12,3)4/h5-7,12H,8H2,1-4H3/t12-/m0/s1. The minimum atomic E-state index is -0.832. The van der Waals surface area contributed by atoms with Crippen LogP contribution in [0.1, 0.15) is 35.3 Å². The second-order valence-corrected chi connectivity index (χ2v) is 5.68. The zero-order valence-corrected chi connectivity index (χ0v) is 11.6. The van der Waals surface area contributed by atoms with E-state index >= 15 is 0 Å². The summed E-state index contributed by atoms with van der Waals surface area (Å²) >= 11 is 0. The summed E-state index contributed by atoms with van der Waals surface area (Å²) in [5, 5.41) is 0. The van der Waals surface area contributed by atoms with Crippen molar-refractivity contribution in [1.82, 2.24) is 0 Å². The molecule has 0 aromatic heterocycles. The van der Waals surface area contributed by atoms with Gasteiger partial charge in [-0.25, -0.2) is 9.59 Å². The van der Waals surface area contributed by atoms with E-state index in [1.54, 1.807) is 12.1 Å². The average Bonchev–Trinajstić information content (AvgIpc) is 2.59. The Morgan fingerprint density at radius 3 is 2.53 bits per heavy atom.